The number of ether oxygens (including phenoxy) is 1. The molecule has 19 heavy (non-hydrogen) atoms. The van der Waals surface area contributed by atoms with Crippen LogP contribution in [0.15, 0.2) is 12.4 Å². The van der Waals surface area contributed by atoms with E-state index in [-0.39, 0.29) is 12.0 Å². The van der Waals surface area contributed by atoms with Crippen molar-refractivity contribution in [1.29, 1.82) is 0 Å². The van der Waals surface area contributed by atoms with Gasteiger partial charge in [-0.3, -0.25) is 0 Å². The van der Waals surface area contributed by atoms with Crippen LogP contribution in [0.4, 0.5) is 4.79 Å². The Hall–Kier alpha value is -1.56. The lowest BCUT2D eigenvalue weighted by Crippen LogP contribution is -2.39. The van der Waals surface area contributed by atoms with Crippen LogP contribution < -0.4 is 5.73 Å². The maximum absolute atomic E-state index is 12.2. The van der Waals surface area contributed by atoms with Crippen molar-refractivity contribution in [2.45, 2.75) is 39.5 Å². The third-order valence-corrected chi connectivity index (χ3v) is 3.05. The first-order valence-electron chi connectivity index (χ1n) is 6.57. The summed E-state index contributed by atoms with van der Waals surface area (Å²) in [6, 6.07) is 0. The van der Waals surface area contributed by atoms with Crippen molar-refractivity contribution in [1.82, 2.24) is 14.5 Å². The first-order valence-corrected chi connectivity index (χ1v) is 6.57. The second kappa shape index (κ2) is 5.21. The lowest BCUT2D eigenvalue weighted by Gasteiger charge is -2.27. The number of fused-ring (bicyclic) bond motifs is 1. The Bertz CT molecular complexity index is 450. The quantitative estimate of drug-likeness (QED) is 0.829. The number of carbonyl (C=O) groups excluding carboxylic acids is 1. The summed E-state index contributed by atoms with van der Waals surface area (Å²) in [4.78, 5) is 18.2. The maximum Gasteiger partial charge on any atom is 0.410 e. The van der Waals surface area contributed by atoms with Crippen LogP contribution in [0.2, 0.25) is 0 Å². The van der Waals surface area contributed by atoms with Crippen molar-refractivity contribution < 1.29 is 9.53 Å². The number of hydrogen-bond acceptors (Lipinski definition) is 4. The van der Waals surface area contributed by atoms with Gasteiger partial charge in [-0.05, 0) is 27.3 Å². The van der Waals surface area contributed by atoms with Crippen LogP contribution in [0.25, 0.3) is 0 Å². The average Bonchev–Trinajstić information content (AvgIpc) is 2.64. The SMILES string of the molecule is CC(C)(C)OC(=O)N1Cc2nccn2CC(CN)C1. The normalized spacial score (nSPS) is 19.8. The average molecular weight is 266 g/mol. The van der Waals surface area contributed by atoms with E-state index in [1.54, 1.807) is 11.1 Å². The van der Waals surface area contributed by atoms with Gasteiger partial charge >= 0.3 is 6.09 Å². The number of rotatable bonds is 1. The Morgan fingerprint density at radius 2 is 2.26 bits per heavy atom. The van der Waals surface area contributed by atoms with Gasteiger partial charge in [-0.2, -0.15) is 0 Å². The molecule has 1 amide bonds. The molecule has 0 saturated carbocycles. The Kier molecular flexibility index (Phi) is 3.80. The third-order valence-electron chi connectivity index (χ3n) is 3.05. The number of nitrogens with two attached hydrogens (primary N) is 1. The number of imidazole rings is 1. The van der Waals surface area contributed by atoms with Crippen molar-refractivity contribution in [3.05, 3.63) is 18.2 Å². The molecule has 2 heterocycles. The number of hydrogen-bond donors (Lipinski definition) is 1. The van der Waals surface area contributed by atoms with Crippen molar-refractivity contribution in [3.63, 3.8) is 0 Å². The molecule has 0 saturated heterocycles. The van der Waals surface area contributed by atoms with E-state index in [9.17, 15) is 4.79 Å². The van der Waals surface area contributed by atoms with Gasteiger partial charge in [-0.15, -0.1) is 0 Å². The number of carbonyl (C=O) groups is 1. The maximum atomic E-state index is 12.2. The fraction of sp³-hybridized carbons (Fsp3) is 0.692. The molecule has 0 bridgehead atoms. The zero-order valence-electron chi connectivity index (χ0n) is 11.8. The predicted octanol–water partition coefficient (Wildman–Crippen LogP) is 1.21. The Morgan fingerprint density at radius 3 is 2.89 bits per heavy atom. The zero-order chi connectivity index (χ0) is 14.0. The highest BCUT2D eigenvalue weighted by atomic mass is 16.6. The summed E-state index contributed by atoms with van der Waals surface area (Å²) in [5.41, 5.74) is 5.29. The van der Waals surface area contributed by atoms with E-state index < -0.39 is 5.60 Å². The Labute approximate surface area is 113 Å². The van der Waals surface area contributed by atoms with Crippen LogP contribution in [0.5, 0.6) is 0 Å². The van der Waals surface area contributed by atoms with E-state index in [4.69, 9.17) is 10.5 Å². The molecule has 1 aliphatic rings. The van der Waals surface area contributed by atoms with Crippen LogP contribution in [0, 0.1) is 5.92 Å². The third kappa shape index (κ3) is 3.47. The number of amides is 1. The summed E-state index contributed by atoms with van der Waals surface area (Å²) >= 11 is 0. The van der Waals surface area contributed by atoms with Gasteiger partial charge in [0.1, 0.15) is 11.4 Å². The number of nitrogens with zero attached hydrogens (tertiary/aromatic N) is 3. The molecular weight excluding hydrogens is 244 g/mol. The molecule has 0 radical (unpaired) electrons. The molecule has 0 aromatic carbocycles. The van der Waals surface area contributed by atoms with E-state index in [0.29, 0.717) is 19.6 Å². The lowest BCUT2D eigenvalue weighted by atomic mass is 10.1. The van der Waals surface area contributed by atoms with E-state index in [1.807, 2.05) is 27.0 Å². The van der Waals surface area contributed by atoms with Crippen LogP contribution >= 0.6 is 0 Å². The minimum atomic E-state index is -0.489. The highest BCUT2D eigenvalue weighted by Gasteiger charge is 2.28. The molecule has 1 atom stereocenters. The van der Waals surface area contributed by atoms with Crippen LogP contribution in [0.3, 0.4) is 0 Å². The van der Waals surface area contributed by atoms with Gasteiger partial charge in [0.15, 0.2) is 0 Å². The molecular formula is C13H22N4O2. The molecule has 1 aliphatic heterocycles. The topological polar surface area (TPSA) is 73.4 Å². The molecule has 2 rings (SSSR count). The van der Waals surface area contributed by atoms with Gasteiger partial charge in [-0.25, -0.2) is 9.78 Å². The fourth-order valence-corrected chi connectivity index (χ4v) is 2.16. The number of aromatic nitrogens is 2. The molecule has 6 heteroatoms. The highest BCUT2D eigenvalue weighted by Crippen LogP contribution is 2.18. The largest absolute Gasteiger partial charge is 0.444 e. The first kappa shape index (κ1) is 13.9. The molecule has 0 aliphatic carbocycles. The van der Waals surface area contributed by atoms with Gasteiger partial charge in [0.25, 0.3) is 0 Å². The molecule has 106 valence electrons. The van der Waals surface area contributed by atoms with Gasteiger partial charge < -0.3 is 19.9 Å². The standard InChI is InChI=1S/C13H22N4O2/c1-13(2,3)19-12(18)17-8-10(6-14)7-16-5-4-15-11(16)9-17/h4-5,10H,6-9,14H2,1-3H3. The van der Waals surface area contributed by atoms with Gasteiger partial charge in [0.05, 0.1) is 6.54 Å². The Balaban J connectivity index is 2.15. The van der Waals surface area contributed by atoms with E-state index in [0.717, 1.165) is 12.4 Å². The summed E-state index contributed by atoms with van der Waals surface area (Å²) in [6.45, 7) is 8.01. The second-order valence-corrected chi connectivity index (χ2v) is 5.96. The summed E-state index contributed by atoms with van der Waals surface area (Å²) < 4.78 is 7.48. The molecule has 2 N–H and O–H groups in total. The molecule has 0 fully saturated rings. The van der Waals surface area contributed by atoms with Crippen LogP contribution in [0.1, 0.15) is 26.6 Å². The van der Waals surface area contributed by atoms with Crippen molar-refractivity contribution in [2.24, 2.45) is 11.7 Å². The smallest absolute Gasteiger partial charge is 0.410 e. The zero-order valence-corrected chi connectivity index (χ0v) is 11.8. The molecule has 6 nitrogen and oxygen atoms in total. The Morgan fingerprint density at radius 1 is 1.53 bits per heavy atom. The predicted molar refractivity (Wildman–Crippen MR) is 71.4 cm³/mol. The van der Waals surface area contributed by atoms with E-state index in [2.05, 4.69) is 9.55 Å². The monoisotopic (exact) mass is 266 g/mol. The van der Waals surface area contributed by atoms with Gasteiger partial charge in [0, 0.05) is 31.4 Å². The van der Waals surface area contributed by atoms with Crippen molar-refractivity contribution >= 4 is 6.09 Å². The van der Waals surface area contributed by atoms with Gasteiger partial charge in [-0.1, -0.05) is 0 Å². The minimum Gasteiger partial charge on any atom is -0.444 e. The van der Waals surface area contributed by atoms with E-state index in [1.165, 1.54) is 0 Å². The van der Waals surface area contributed by atoms with Gasteiger partial charge in [0.2, 0.25) is 0 Å². The minimum absolute atomic E-state index is 0.225. The van der Waals surface area contributed by atoms with Crippen LogP contribution in [-0.4, -0.2) is 39.2 Å². The highest BCUT2D eigenvalue weighted by molar-refractivity contribution is 5.68. The lowest BCUT2D eigenvalue weighted by molar-refractivity contribution is 0.0210. The summed E-state index contributed by atoms with van der Waals surface area (Å²) in [5.74, 6) is 1.10. The van der Waals surface area contributed by atoms with Crippen LogP contribution in [-0.2, 0) is 17.8 Å². The summed E-state index contributed by atoms with van der Waals surface area (Å²) in [5, 5.41) is 0. The van der Waals surface area contributed by atoms with Crippen molar-refractivity contribution in [3.8, 4) is 0 Å². The fourth-order valence-electron chi connectivity index (χ4n) is 2.16. The molecule has 1 aromatic heterocycles. The molecule has 1 unspecified atom stereocenters. The molecule has 1 aromatic rings. The van der Waals surface area contributed by atoms with E-state index >= 15 is 0 Å². The van der Waals surface area contributed by atoms with Crippen molar-refractivity contribution in [2.75, 3.05) is 13.1 Å². The second-order valence-electron chi connectivity index (χ2n) is 5.96. The molecule has 0 spiro atoms. The summed E-state index contributed by atoms with van der Waals surface area (Å²) in [6.07, 6.45) is 3.38. The first-order chi connectivity index (χ1) is 8.89. The summed E-state index contributed by atoms with van der Waals surface area (Å²) in [7, 11) is 0.